The molecule has 5 aromatic rings. The number of allylic oxidation sites excluding steroid dienone is 7. The fourth-order valence-corrected chi connectivity index (χ4v) is 6.97. The molecule has 0 saturated carbocycles. The van der Waals surface area contributed by atoms with E-state index in [-0.39, 0.29) is 17.2 Å². The van der Waals surface area contributed by atoms with Gasteiger partial charge in [-0.2, -0.15) is 4.79 Å². The van der Waals surface area contributed by atoms with Crippen LogP contribution < -0.4 is 10.7 Å². The zero-order chi connectivity index (χ0) is 34.3. The number of aliphatic hydroxyl groups excluding tert-OH is 1. The zero-order valence-corrected chi connectivity index (χ0v) is 27.2. The molecule has 4 aliphatic rings. The summed E-state index contributed by atoms with van der Waals surface area (Å²) in [5.74, 6) is -0.244. The van der Waals surface area contributed by atoms with Gasteiger partial charge in [0, 0.05) is 33.0 Å². The van der Waals surface area contributed by atoms with Gasteiger partial charge in [-0.1, -0.05) is 121 Å². The summed E-state index contributed by atoms with van der Waals surface area (Å²) in [6, 6.07) is 43.8. The van der Waals surface area contributed by atoms with Gasteiger partial charge >= 0.3 is 5.71 Å². The molecule has 8 bridgehead atoms. The van der Waals surface area contributed by atoms with Gasteiger partial charge in [0.1, 0.15) is 5.70 Å². The summed E-state index contributed by atoms with van der Waals surface area (Å²) in [7, 11) is 0. The summed E-state index contributed by atoms with van der Waals surface area (Å²) in [5, 5.41) is 13.5. The fourth-order valence-electron chi connectivity index (χ4n) is 6.97. The van der Waals surface area contributed by atoms with E-state index in [0.29, 0.717) is 22.6 Å². The Labute approximate surface area is 293 Å². The Balaban J connectivity index is 1.45. The Morgan fingerprint density at radius 1 is 0.471 bits per heavy atom. The van der Waals surface area contributed by atoms with Gasteiger partial charge in [-0.15, -0.1) is 0 Å². The van der Waals surface area contributed by atoms with E-state index in [2.05, 4.69) is 40.1 Å². The minimum atomic E-state index is -0.244. The van der Waals surface area contributed by atoms with Crippen LogP contribution in [0, 0.1) is 0 Å². The Kier molecular flexibility index (Phi) is 7.24. The van der Waals surface area contributed by atoms with Gasteiger partial charge < -0.3 is 15.6 Å². The van der Waals surface area contributed by atoms with Gasteiger partial charge in [-0.3, -0.25) is 0 Å². The van der Waals surface area contributed by atoms with Crippen LogP contribution in [0.15, 0.2) is 196 Å². The summed E-state index contributed by atoms with van der Waals surface area (Å²) < 4.78 is 0. The van der Waals surface area contributed by atoms with Crippen molar-refractivity contribution >= 4 is 45.1 Å². The van der Waals surface area contributed by atoms with Crippen LogP contribution in [0.3, 0.4) is 0 Å². The van der Waals surface area contributed by atoms with E-state index in [1.807, 2.05) is 127 Å². The number of nitrogens with one attached hydrogen (secondary N) is 1. The van der Waals surface area contributed by atoms with E-state index >= 15 is 0 Å². The molecule has 0 aliphatic carbocycles. The van der Waals surface area contributed by atoms with Crippen molar-refractivity contribution in [2.75, 3.05) is 0 Å². The number of rotatable bonds is 4. The van der Waals surface area contributed by atoms with E-state index in [9.17, 15) is 10.6 Å². The summed E-state index contributed by atoms with van der Waals surface area (Å²) in [5.41, 5.74) is 20.6. The number of fused-ring (bicyclic) bond motifs is 5. The second kappa shape index (κ2) is 12.3. The SMILES string of the molecule is [N-]=[N+]=C1C2=NC(=C1O)C(c1ccccc1)=C1C=CC(=N1)C(c1ccccc1)=C1C=CC(=N1)C(c1ccccc1)=c1ccc([nH]1)=C2c1ccccc1. The van der Waals surface area contributed by atoms with Crippen molar-refractivity contribution in [1.82, 2.24) is 4.98 Å². The highest BCUT2D eigenvalue weighted by Gasteiger charge is 2.39. The molecule has 240 valence electrons. The van der Waals surface area contributed by atoms with Crippen LogP contribution in [0.4, 0.5) is 0 Å². The first-order valence-corrected chi connectivity index (χ1v) is 16.6. The van der Waals surface area contributed by atoms with Gasteiger partial charge in [0.25, 0.3) is 0 Å². The first-order chi connectivity index (χ1) is 25.2. The minimum absolute atomic E-state index is 0.0322. The number of H-pyrrole nitrogens is 1. The predicted octanol–water partition coefficient (Wildman–Crippen LogP) is 7.17. The Bertz CT molecular complexity index is 2700. The molecule has 4 aliphatic heterocycles. The van der Waals surface area contributed by atoms with Gasteiger partial charge in [-0.05, 0) is 58.7 Å². The van der Waals surface area contributed by atoms with Crippen LogP contribution >= 0.6 is 0 Å². The Hall–Kier alpha value is -7.21. The molecule has 0 spiro atoms. The first-order valence-electron chi connectivity index (χ1n) is 16.6. The normalized spacial score (nSPS) is 16.5. The molecule has 7 heteroatoms. The van der Waals surface area contributed by atoms with Crippen molar-refractivity contribution < 1.29 is 9.90 Å². The van der Waals surface area contributed by atoms with Gasteiger partial charge in [0.05, 0.1) is 22.8 Å². The molecule has 1 aromatic heterocycles. The maximum absolute atomic E-state index is 11.9. The number of benzene rings is 4. The average Bonchev–Trinajstić information content (AvgIpc) is 4.01. The second-order valence-electron chi connectivity index (χ2n) is 12.3. The lowest BCUT2D eigenvalue weighted by atomic mass is 9.97. The second-order valence-corrected chi connectivity index (χ2v) is 12.3. The van der Waals surface area contributed by atoms with E-state index in [1.54, 1.807) is 0 Å². The zero-order valence-electron chi connectivity index (χ0n) is 27.2. The largest absolute Gasteiger partial charge is 0.500 e. The van der Waals surface area contributed by atoms with Crippen molar-refractivity contribution in [1.29, 1.82) is 0 Å². The van der Waals surface area contributed by atoms with E-state index in [4.69, 9.17) is 15.0 Å². The maximum Gasteiger partial charge on any atom is 0.384 e. The van der Waals surface area contributed by atoms with Gasteiger partial charge in [0.15, 0.2) is 5.71 Å². The average molecular weight is 657 g/mol. The van der Waals surface area contributed by atoms with Crippen molar-refractivity contribution in [3.8, 4) is 0 Å². The number of aliphatic imine (C=N–C) groups is 3. The summed E-state index contributed by atoms with van der Waals surface area (Å²) in [6.07, 6.45) is 8.02. The third-order valence-corrected chi connectivity index (χ3v) is 9.25. The van der Waals surface area contributed by atoms with E-state index in [0.717, 1.165) is 61.2 Å². The molecule has 7 nitrogen and oxygen atoms in total. The van der Waals surface area contributed by atoms with Crippen molar-refractivity contribution in [2.24, 2.45) is 15.0 Å². The Morgan fingerprint density at radius 3 is 1.43 bits per heavy atom. The number of nitrogens with zero attached hydrogens (tertiary/aromatic N) is 5. The van der Waals surface area contributed by atoms with Crippen molar-refractivity contribution in [3.63, 3.8) is 0 Å². The smallest absolute Gasteiger partial charge is 0.384 e. The number of hydrogen-bond donors (Lipinski definition) is 2. The molecule has 2 N–H and O–H groups in total. The van der Waals surface area contributed by atoms with Crippen LogP contribution in [-0.4, -0.2) is 37.7 Å². The molecule has 4 aromatic carbocycles. The van der Waals surface area contributed by atoms with Crippen LogP contribution in [0.2, 0.25) is 0 Å². The van der Waals surface area contributed by atoms with Gasteiger partial charge in [-0.25, -0.2) is 15.0 Å². The Morgan fingerprint density at radius 2 is 0.902 bits per heavy atom. The highest BCUT2D eigenvalue weighted by atomic mass is 16.3. The predicted molar refractivity (Wildman–Crippen MR) is 204 cm³/mol. The monoisotopic (exact) mass is 656 g/mol. The lowest BCUT2D eigenvalue weighted by Crippen LogP contribution is -2.25. The number of aliphatic hydroxyl groups is 1. The van der Waals surface area contributed by atoms with Crippen molar-refractivity contribution in [2.45, 2.75) is 0 Å². The molecule has 0 saturated heterocycles. The number of aromatic nitrogens is 1. The molecule has 0 amide bonds. The van der Waals surface area contributed by atoms with Crippen molar-refractivity contribution in [3.05, 3.63) is 219 Å². The lowest BCUT2D eigenvalue weighted by molar-refractivity contribution is -0.00355. The van der Waals surface area contributed by atoms with Crippen LogP contribution in [0.25, 0.3) is 27.8 Å². The van der Waals surface area contributed by atoms with Crippen LogP contribution in [0.5, 0.6) is 0 Å². The fraction of sp³-hybridized carbons (Fsp3) is 0. The summed E-state index contributed by atoms with van der Waals surface area (Å²) in [4.78, 5) is 22.9. The van der Waals surface area contributed by atoms with E-state index in [1.165, 1.54) is 0 Å². The maximum atomic E-state index is 11.9. The van der Waals surface area contributed by atoms with Gasteiger partial charge in [0.2, 0.25) is 5.76 Å². The molecule has 0 fully saturated rings. The van der Waals surface area contributed by atoms with E-state index < -0.39 is 0 Å². The molecule has 9 rings (SSSR count). The third-order valence-electron chi connectivity index (χ3n) is 9.25. The molecule has 5 heterocycles. The summed E-state index contributed by atoms with van der Waals surface area (Å²) >= 11 is 0. The standard InChI is InChI=1S/C44H28N6O/c45-50-43-41-39(29-17-9-3-10-18-29)35-25-23-33(47-35)37(27-13-5-1-6-14-27)31-21-22-32(46-31)38(28-15-7-2-8-16-28)34-24-26-36(48-34)40(42(49-41)44(43)51)30-19-11-4-12-20-30/h1-26,47,51H. The molecule has 0 radical (unpaired) electrons. The quantitative estimate of drug-likeness (QED) is 0.155. The number of hydrogen-bond acceptors (Lipinski definition) is 4. The third kappa shape index (κ3) is 5.13. The first kappa shape index (κ1) is 29.9. The minimum Gasteiger partial charge on any atom is -0.500 e. The highest BCUT2D eigenvalue weighted by molar-refractivity contribution is 6.61. The number of aromatic amines is 1. The summed E-state index contributed by atoms with van der Waals surface area (Å²) in [6.45, 7) is 0. The van der Waals surface area contributed by atoms with Crippen LogP contribution in [-0.2, 0) is 0 Å². The highest BCUT2D eigenvalue weighted by Crippen LogP contribution is 2.38. The molecular weight excluding hydrogens is 629 g/mol. The lowest BCUT2D eigenvalue weighted by Gasteiger charge is -2.11. The molecule has 0 atom stereocenters. The topological polar surface area (TPSA) is 110 Å². The molecule has 0 unspecified atom stereocenters. The molecule has 51 heavy (non-hydrogen) atoms. The molecular formula is C44H28N6O. The van der Waals surface area contributed by atoms with Crippen LogP contribution in [0.1, 0.15) is 22.3 Å².